The molecule has 7 heteroatoms. The van der Waals surface area contributed by atoms with Crippen LogP contribution in [0.2, 0.25) is 5.02 Å². The van der Waals surface area contributed by atoms with Gasteiger partial charge in [-0.2, -0.15) is 0 Å². The minimum absolute atomic E-state index is 0.0779. The number of carboxylic acid groups (broad SMARTS) is 1. The van der Waals surface area contributed by atoms with E-state index in [0.29, 0.717) is 23.1 Å². The van der Waals surface area contributed by atoms with Crippen molar-refractivity contribution in [2.24, 2.45) is 0 Å². The molecule has 0 amide bonds. The van der Waals surface area contributed by atoms with Crippen molar-refractivity contribution in [3.05, 3.63) is 88.4 Å². The van der Waals surface area contributed by atoms with Crippen LogP contribution in [-0.2, 0) is 11.4 Å². The van der Waals surface area contributed by atoms with Crippen molar-refractivity contribution in [2.75, 3.05) is 12.9 Å². The number of aliphatic carboxylic acids is 1. The molecular formula is C27H22ClNO4S. The molecule has 0 radical (unpaired) electrons. The Hall–Kier alpha value is -3.22. The minimum atomic E-state index is -0.814. The summed E-state index contributed by atoms with van der Waals surface area (Å²) < 4.78 is 12.2. The monoisotopic (exact) mass is 491 g/mol. The van der Waals surface area contributed by atoms with Crippen LogP contribution in [0.1, 0.15) is 28.4 Å². The third-order valence-electron chi connectivity index (χ3n) is 5.87. The van der Waals surface area contributed by atoms with Gasteiger partial charge in [-0.15, -0.1) is 11.8 Å². The maximum Gasteiger partial charge on any atom is 0.304 e. The number of hydrogen-bond donors (Lipinski definition) is 1. The number of benzene rings is 3. The molecule has 1 unspecified atom stereocenters. The molecule has 172 valence electrons. The zero-order chi connectivity index (χ0) is 23.7. The summed E-state index contributed by atoms with van der Waals surface area (Å²) in [6, 6.07) is 21.7. The first kappa shape index (κ1) is 22.6. The fourth-order valence-corrected chi connectivity index (χ4v) is 5.78. The first-order chi connectivity index (χ1) is 16.5. The summed E-state index contributed by atoms with van der Waals surface area (Å²) in [6.45, 7) is 0.439. The molecule has 34 heavy (non-hydrogen) atoms. The van der Waals surface area contributed by atoms with Crippen molar-refractivity contribution >= 4 is 40.2 Å². The van der Waals surface area contributed by atoms with E-state index < -0.39 is 5.97 Å². The molecule has 1 aliphatic rings. The van der Waals surface area contributed by atoms with Crippen molar-refractivity contribution in [3.8, 4) is 22.8 Å². The Balaban J connectivity index is 1.67. The highest BCUT2D eigenvalue weighted by Crippen LogP contribution is 2.51. The average molecular weight is 492 g/mol. The van der Waals surface area contributed by atoms with E-state index in [4.69, 9.17) is 26.1 Å². The molecule has 0 spiro atoms. The Morgan fingerprint density at radius 2 is 2.00 bits per heavy atom. The molecule has 5 rings (SSSR count). The van der Waals surface area contributed by atoms with E-state index in [1.165, 1.54) is 0 Å². The van der Waals surface area contributed by atoms with Gasteiger partial charge in [0.15, 0.2) is 0 Å². The predicted molar refractivity (Wildman–Crippen MR) is 136 cm³/mol. The summed E-state index contributed by atoms with van der Waals surface area (Å²) in [5.74, 6) is 1.06. The second-order valence-corrected chi connectivity index (χ2v) is 9.62. The summed E-state index contributed by atoms with van der Waals surface area (Å²) in [4.78, 5) is 16.1. The summed E-state index contributed by atoms with van der Waals surface area (Å²) in [7, 11) is 1.65. The molecule has 1 aromatic heterocycles. The van der Waals surface area contributed by atoms with Crippen molar-refractivity contribution in [1.82, 2.24) is 4.98 Å². The van der Waals surface area contributed by atoms with E-state index in [-0.39, 0.29) is 11.7 Å². The van der Waals surface area contributed by atoms with Crippen molar-refractivity contribution < 1.29 is 19.4 Å². The summed E-state index contributed by atoms with van der Waals surface area (Å²) in [6.07, 6.45) is 0.0779. The smallest absolute Gasteiger partial charge is 0.304 e. The van der Waals surface area contributed by atoms with Crippen LogP contribution in [0, 0.1) is 0 Å². The molecule has 0 bridgehead atoms. The lowest BCUT2D eigenvalue weighted by atomic mass is 9.96. The van der Waals surface area contributed by atoms with E-state index in [9.17, 15) is 9.90 Å². The fourth-order valence-electron chi connectivity index (χ4n) is 4.29. The molecule has 3 aromatic carbocycles. The van der Waals surface area contributed by atoms with Gasteiger partial charge < -0.3 is 14.6 Å². The maximum atomic E-state index is 11.2. The lowest BCUT2D eigenvalue weighted by Crippen LogP contribution is -2.05. The largest absolute Gasteiger partial charge is 0.496 e. The van der Waals surface area contributed by atoms with Gasteiger partial charge >= 0.3 is 5.97 Å². The summed E-state index contributed by atoms with van der Waals surface area (Å²) in [5, 5.41) is 10.7. The van der Waals surface area contributed by atoms with Crippen molar-refractivity contribution in [1.29, 1.82) is 0 Å². The van der Waals surface area contributed by atoms with Gasteiger partial charge in [-0.1, -0.05) is 48.0 Å². The highest BCUT2D eigenvalue weighted by Gasteiger charge is 2.30. The molecular weight excluding hydrogens is 470 g/mol. The van der Waals surface area contributed by atoms with Crippen LogP contribution in [-0.4, -0.2) is 28.9 Å². The molecule has 4 aromatic rings. The number of carbonyl (C=O) groups is 1. The molecule has 1 aliphatic heterocycles. The van der Waals surface area contributed by atoms with Gasteiger partial charge in [0.2, 0.25) is 0 Å². The van der Waals surface area contributed by atoms with Crippen molar-refractivity contribution in [3.63, 3.8) is 0 Å². The van der Waals surface area contributed by atoms with Crippen LogP contribution >= 0.6 is 23.4 Å². The quantitative estimate of drug-likeness (QED) is 0.321. The number of methoxy groups -OCH3 is 1. The van der Waals surface area contributed by atoms with Crippen molar-refractivity contribution in [2.45, 2.75) is 18.3 Å². The maximum absolute atomic E-state index is 11.2. The van der Waals surface area contributed by atoms with Gasteiger partial charge in [-0.05, 0) is 41.5 Å². The normalized spacial score (nSPS) is 14.6. The third kappa shape index (κ3) is 4.31. The third-order valence-corrected chi connectivity index (χ3v) is 7.37. The molecule has 1 atom stereocenters. The zero-order valence-electron chi connectivity index (χ0n) is 18.5. The number of hydrogen-bond acceptors (Lipinski definition) is 5. The Morgan fingerprint density at radius 3 is 2.82 bits per heavy atom. The molecule has 1 N–H and O–H groups in total. The first-order valence-corrected chi connectivity index (χ1v) is 12.3. The second-order valence-electron chi connectivity index (χ2n) is 7.97. The minimum Gasteiger partial charge on any atom is -0.496 e. The standard InChI is InChI=1S/C27H22ClNO4S/c1-32-26-20(21-10-7-16-6-8-18(28)14-22(16)29-21)9-11-23-25(26)27(34-13-12-24(30)31)19-5-3-2-4-17(19)15-33-23/h2-11,14,27H,12-13,15H2,1H3,(H,30,31). The molecule has 0 fully saturated rings. The van der Waals surface area contributed by atoms with E-state index in [0.717, 1.165) is 44.6 Å². The number of carboxylic acids is 1. The number of aromatic nitrogens is 1. The van der Waals surface area contributed by atoms with Crippen LogP contribution in [0.4, 0.5) is 0 Å². The van der Waals surface area contributed by atoms with Gasteiger partial charge in [0, 0.05) is 21.7 Å². The zero-order valence-corrected chi connectivity index (χ0v) is 20.0. The summed E-state index contributed by atoms with van der Waals surface area (Å²) >= 11 is 7.78. The lowest BCUT2D eigenvalue weighted by Gasteiger charge is -2.23. The lowest BCUT2D eigenvalue weighted by molar-refractivity contribution is -0.136. The van der Waals surface area contributed by atoms with Gasteiger partial charge in [0.1, 0.15) is 18.1 Å². The number of ether oxygens (including phenoxy) is 2. The Morgan fingerprint density at radius 1 is 1.18 bits per heavy atom. The van der Waals surface area contributed by atoms with Crippen LogP contribution < -0.4 is 9.47 Å². The number of thioether (sulfide) groups is 1. The predicted octanol–water partition coefficient (Wildman–Crippen LogP) is 6.75. The highest BCUT2D eigenvalue weighted by molar-refractivity contribution is 7.99. The number of rotatable bonds is 6. The van der Waals surface area contributed by atoms with E-state index in [1.54, 1.807) is 18.9 Å². The topological polar surface area (TPSA) is 68.7 Å². The Kier molecular flexibility index (Phi) is 6.35. The SMILES string of the molecule is COc1c(-c2ccc3ccc(Cl)cc3n2)ccc2c1C(SCCC(=O)O)c1ccccc1CO2. The van der Waals surface area contributed by atoms with E-state index >= 15 is 0 Å². The van der Waals surface area contributed by atoms with Crippen LogP contribution in [0.15, 0.2) is 66.7 Å². The first-order valence-electron chi connectivity index (χ1n) is 10.9. The molecule has 5 nitrogen and oxygen atoms in total. The highest BCUT2D eigenvalue weighted by atomic mass is 35.5. The van der Waals surface area contributed by atoms with Crippen LogP contribution in [0.3, 0.4) is 0 Å². The van der Waals surface area contributed by atoms with E-state index in [2.05, 4.69) is 6.07 Å². The van der Waals surface area contributed by atoms with Crippen LogP contribution in [0.5, 0.6) is 11.5 Å². The molecule has 2 heterocycles. The molecule has 0 saturated carbocycles. The van der Waals surface area contributed by atoms with Gasteiger partial charge in [0.25, 0.3) is 0 Å². The van der Waals surface area contributed by atoms with E-state index in [1.807, 2.05) is 60.7 Å². The number of fused-ring (bicyclic) bond motifs is 3. The van der Waals surface area contributed by atoms with Crippen LogP contribution in [0.25, 0.3) is 22.2 Å². The Labute approximate surface area is 206 Å². The second kappa shape index (κ2) is 9.57. The number of halogens is 1. The average Bonchev–Trinajstić information content (AvgIpc) is 3.00. The molecule has 0 saturated heterocycles. The Bertz CT molecular complexity index is 1390. The van der Waals surface area contributed by atoms with Gasteiger partial charge in [-0.25, -0.2) is 4.98 Å². The number of nitrogens with zero attached hydrogens (tertiary/aromatic N) is 1. The number of pyridine rings is 1. The fraction of sp³-hybridized carbons (Fsp3) is 0.185. The van der Waals surface area contributed by atoms with Gasteiger partial charge in [-0.3, -0.25) is 4.79 Å². The van der Waals surface area contributed by atoms with Gasteiger partial charge in [0.05, 0.1) is 35.6 Å². The molecule has 0 aliphatic carbocycles. The summed E-state index contributed by atoms with van der Waals surface area (Å²) in [5.41, 5.74) is 5.49.